The molecule has 0 radical (unpaired) electrons. The van der Waals surface area contributed by atoms with Gasteiger partial charge in [-0.25, -0.2) is 0 Å². The largest absolute Gasteiger partial charge is 0.377 e. The zero-order chi connectivity index (χ0) is 19.4. The summed E-state index contributed by atoms with van der Waals surface area (Å²) in [5, 5.41) is 9.80. The Morgan fingerprint density at radius 2 is 1.37 bits per heavy atom. The molecule has 27 heavy (non-hydrogen) atoms. The first-order chi connectivity index (χ1) is 13.2. The summed E-state index contributed by atoms with van der Waals surface area (Å²) in [5.41, 5.74) is -0.182. The number of hydrogen-bond acceptors (Lipinski definition) is 2. The van der Waals surface area contributed by atoms with Gasteiger partial charge in [-0.1, -0.05) is 71.6 Å². The van der Waals surface area contributed by atoms with Gasteiger partial charge < -0.3 is 4.74 Å². The minimum absolute atomic E-state index is 0.182. The molecule has 2 aliphatic rings. The maximum absolute atomic E-state index is 9.80. The smallest absolute Gasteiger partial charge is 0.0807 e. The lowest BCUT2D eigenvalue weighted by atomic mass is 9.70. The van der Waals surface area contributed by atoms with E-state index in [1.165, 1.54) is 96.3 Å². The molecule has 0 atom stereocenters. The molecule has 156 valence electrons. The van der Waals surface area contributed by atoms with Crippen LogP contribution in [-0.4, -0.2) is 12.7 Å². The Kier molecular flexibility index (Phi) is 10.8. The van der Waals surface area contributed by atoms with Crippen molar-refractivity contribution in [1.82, 2.24) is 0 Å². The molecule has 2 heteroatoms. The summed E-state index contributed by atoms with van der Waals surface area (Å²) < 4.78 is 6.32. The van der Waals surface area contributed by atoms with E-state index in [1.807, 2.05) is 0 Å². The number of unbranched alkanes of at least 4 members (excludes halogenated alkanes) is 5. The normalized spacial score (nSPS) is 31.5. The van der Waals surface area contributed by atoms with E-state index >= 15 is 0 Å². The molecular formula is C25H45NO. The quantitative estimate of drug-likeness (QED) is 0.326. The van der Waals surface area contributed by atoms with Crippen molar-refractivity contribution in [1.29, 1.82) is 5.26 Å². The molecule has 0 bridgehead atoms. The maximum atomic E-state index is 9.80. The summed E-state index contributed by atoms with van der Waals surface area (Å²) in [7, 11) is 0. The van der Waals surface area contributed by atoms with Crippen molar-refractivity contribution in [3.05, 3.63) is 0 Å². The van der Waals surface area contributed by atoms with Gasteiger partial charge in [0.25, 0.3) is 0 Å². The van der Waals surface area contributed by atoms with Gasteiger partial charge in [0.1, 0.15) is 0 Å². The molecule has 0 aliphatic heterocycles. The third kappa shape index (κ3) is 8.15. The van der Waals surface area contributed by atoms with Crippen LogP contribution in [0.3, 0.4) is 0 Å². The van der Waals surface area contributed by atoms with Crippen molar-refractivity contribution in [3.8, 4) is 6.07 Å². The fourth-order valence-electron chi connectivity index (χ4n) is 5.20. The molecule has 0 aromatic carbocycles. The molecule has 2 rings (SSSR count). The van der Waals surface area contributed by atoms with E-state index in [0.29, 0.717) is 12.7 Å². The lowest BCUT2D eigenvalue weighted by molar-refractivity contribution is -0.0300. The van der Waals surface area contributed by atoms with Crippen molar-refractivity contribution < 1.29 is 4.74 Å². The van der Waals surface area contributed by atoms with Gasteiger partial charge in [0.15, 0.2) is 0 Å². The molecular weight excluding hydrogens is 330 g/mol. The van der Waals surface area contributed by atoms with Crippen LogP contribution < -0.4 is 0 Å². The highest BCUT2D eigenvalue weighted by Gasteiger charge is 2.36. The average Bonchev–Trinajstić information content (AvgIpc) is 2.72. The van der Waals surface area contributed by atoms with Crippen LogP contribution in [0, 0.1) is 28.6 Å². The van der Waals surface area contributed by atoms with Crippen LogP contribution in [0.2, 0.25) is 0 Å². The molecule has 0 aromatic heterocycles. The summed E-state index contributed by atoms with van der Waals surface area (Å²) in [4.78, 5) is 0. The lowest BCUT2D eigenvalue weighted by Gasteiger charge is -2.37. The Labute approximate surface area is 169 Å². The van der Waals surface area contributed by atoms with Gasteiger partial charge in [-0.2, -0.15) is 5.26 Å². The first-order valence-corrected chi connectivity index (χ1v) is 12.2. The van der Waals surface area contributed by atoms with E-state index < -0.39 is 0 Å². The summed E-state index contributed by atoms with van der Waals surface area (Å²) >= 11 is 0. The zero-order valence-corrected chi connectivity index (χ0v) is 18.3. The Bertz CT molecular complexity index is 411. The highest BCUT2D eigenvalue weighted by Crippen LogP contribution is 2.41. The monoisotopic (exact) mass is 375 g/mol. The van der Waals surface area contributed by atoms with Gasteiger partial charge in [0.05, 0.1) is 24.2 Å². The predicted octanol–water partition coefficient (Wildman–Crippen LogP) is 7.81. The molecule has 0 aromatic rings. The van der Waals surface area contributed by atoms with Crippen LogP contribution in [0.1, 0.15) is 123 Å². The summed E-state index contributed by atoms with van der Waals surface area (Å²) in [6, 6.07) is 2.66. The van der Waals surface area contributed by atoms with Gasteiger partial charge in [-0.05, 0) is 63.2 Å². The van der Waals surface area contributed by atoms with E-state index in [9.17, 15) is 5.26 Å². The molecule has 2 saturated carbocycles. The topological polar surface area (TPSA) is 33.0 Å². The molecule has 0 unspecified atom stereocenters. The number of rotatable bonds is 12. The zero-order valence-electron chi connectivity index (χ0n) is 18.3. The Hall–Kier alpha value is -0.550. The van der Waals surface area contributed by atoms with Crippen molar-refractivity contribution in [2.75, 3.05) is 6.61 Å². The van der Waals surface area contributed by atoms with Crippen LogP contribution in [0.5, 0.6) is 0 Å². The molecule has 2 fully saturated rings. The van der Waals surface area contributed by atoms with Crippen LogP contribution in [0.25, 0.3) is 0 Å². The fourth-order valence-corrected chi connectivity index (χ4v) is 5.20. The Balaban J connectivity index is 1.60. The van der Waals surface area contributed by atoms with Crippen molar-refractivity contribution in [2.24, 2.45) is 17.3 Å². The van der Waals surface area contributed by atoms with Crippen LogP contribution in [-0.2, 0) is 4.74 Å². The predicted molar refractivity (Wildman–Crippen MR) is 115 cm³/mol. The SMILES string of the molecule is CCCCCCC[C@H]1CC[C@H](OC[C@]2(C#N)CC[C@H](CCCC)CC2)CC1. The van der Waals surface area contributed by atoms with E-state index in [1.54, 1.807) is 0 Å². The average molecular weight is 376 g/mol. The number of nitrogens with zero attached hydrogens (tertiary/aromatic N) is 1. The first kappa shape index (κ1) is 22.7. The molecule has 2 aliphatic carbocycles. The van der Waals surface area contributed by atoms with E-state index in [4.69, 9.17) is 4.74 Å². The molecule has 0 amide bonds. The van der Waals surface area contributed by atoms with E-state index in [0.717, 1.165) is 24.7 Å². The van der Waals surface area contributed by atoms with Crippen LogP contribution >= 0.6 is 0 Å². The third-order valence-corrected chi connectivity index (χ3v) is 7.37. The molecule has 0 heterocycles. The highest BCUT2D eigenvalue weighted by atomic mass is 16.5. The minimum Gasteiger partial charge on any atom is -0.377 e. The van der Waals surface area contributed by atoms with Gasteiger partial charge in [0.2, 0.25) is 0 Å². The highest BCUT2D eigenvalue weighted by molar-refractivity contribution is 5.02. The lowest BCUT2D eigenvalue weighted by Crippen LogP contribution is -2.34. The van der Waals surface area contributed by atoms with Gasteiger partial charge in [-0.3, -0.25) is 0 Å². The maximum Gasteiger partial charge on any atom is 0.0807 e. The van der Waals surface area contributed by atoms with Crippen molar-refractivity contribution in [2.45, 2.75) is 129 Å². The molecule has 2 nitrogen and oxygen atoms in total. The molecule has 0 N–H and O–H groups in total. The number of nitriles is 1. The molecule has 0 saturated heterocycles. The van der Waals surface area contributed by atoms with Crippen LogP contribution in [0.4, 0.5) is 0 Å². The Morgan fingerprint density at radius 3 is 2.00 bits per heavy atom. The molecule has 0 spiro atoms. The van der Waals surface area contributed by atoms with Gasteiger partial charge >= 0.3 is 0 Å². The van der Waals surface area contributed by atoms with E-state index in [2.05, 4.69) is 19.9 Å². The summed E-state index contributed by atoms with van der Waals surface area (Å²) in [5.74, 6) is 1.80. The summed E-state index contributed by atoms with van der Waals surface area (Å²) in [6.45, 7) is 5.25. The second-order valence-corrected chi connectivity index (χ2v) is 9.63. The van der Waals surface area contributed by atoms with Gasteiger partial charge in [0, 0.05) is 0 Å². The first-order valence-electron chi connectivity index (χ1n) is 12.2. The third-order valence-electron chi connectivity index (χ3n) is 7.37. The Morgan fingerprint density at radius 1 is 0.778 bits per heavy atom. The number of hydrogen-bond donors (Lipinski definition) is 0. The summed E-state index contributed by atoms with van der Waals surface area (Å²) in [6.07, 6.45) is 22.6. The standard InChI is InChI=1S/C25H45NO/c1-3-5-7-8-9-11-22-12-14-24(15-13-22)27-21-25(20-26)18-16-23(17-19-25)10-6-4-2/h22-24H,3-19,21H2,1-2H3/t22-,23-,24-,25+. The van der Waals surface area contributed by atoms with Crippen LogP contribution in [0.15, 0.2) is 0 Å². The fraction of sp³-hybridized carbons (Fsp3) is 0.960. The van der Waals surface area contributed by atoms with Crippen molar-refractivity contribution in [3.63, 3.8) is 0 Å². The van der Waals surface area contributed by atoms with Gasteiger partial charge in [-0.15, -0.1) is 0 Å². The second kappa shape index (κ2) is 12.8. The van der Waals surface area contributed by atoms with Crippen molar-refractivity contribution >= 4 is 0 Å². The number of ether oxygens (including phenoxy) is 1. The second-order valence-electron chi connectivity index (χ2n) is 9.63. The minimum atomic E-state index is -0.182. The van der Waals surface area contributed by atoms with E-state index in [-0.39, 0.29) is 5.41 Å².